The maximum absolute atomic E-state index is 11.7. The van der Waals surface area contributed by atoms with Crippen molar-refractivity contribution in [2.75, 3.05) is 20.3 Å². The predicted molar refractivity (Wildman–Crippen MR) is 128 cm³/mol. The minimum Gasteiger partial charge on any atom is -0.493 e. The SMILES string of the molecule is COC(=O)C=CC(=O)OC(C)COc1ccc(C(C)(C)c2ccc(OCC(C)C)cc2)cc1. The molecule has 6 nitrogen and oxygen atoms in total. The van der Waals surface area contributed by atoms with Gasteiger partial charge in [-0.3, -0.25) is 0 Å². The number of rotatable bonds is 11. The van der Waals surface area contributed by atoms with E-state index < -0.39 is 18.0 Å². The van der Waals surface area contributed by atoms with E-state index in [0.717, 1.165) is 23.5 Å². The van der Waals surface area contributed by atoms with Gasteiger partial charge in [0, 0.05) is 17.6 Å². The molecule has 33 heavy (non-hydrogen) atoms. The van der Waals surface area contributed by atoms with Crippen molar-refractivity contribution in [3.63, 3.8) is 0 Å². The summed E-state index contributed by atoms with van der Waals surface area (Å²) >= 11 is 0. The summed E-state index contributed by atoms with van der Waals surface area (Å²) in [5, 5.41) is 0. The van der Waals surface area contributed by atoms with Crippen LogP contribution in [0, 0.1) is 5.92 Å². The fourth-order valence-corrected chi connectivity index (χ4v) is 3.05. The number of hydrogen-bond acceptors (Lipinski definition) is 6. The molecule has 0 aliphatic rings. The molecule has 0 saturated carbocycles. The quantitative estimate of drug-likeness (QED) is 0.348. The molecule has 0 spiro atoms. The summed E-state index contributed by atoms with van der Waals surface area (Å²) in [7, 11) is 1.24. The second-order valence-electron chi connectivity index (χ2n) is 8.79. The Balaban J connectivity index is 1.92. The molecule has 0 radical (unpaired) electrons. The van der Waals surface area contributed by atoms with Crippen LogP contribution in [0.5, 0.6) is 11.5 Å². The Morgan fingerprint density at radius 2 is 1.24 bits per heavy atom. The third-order valence-electron chi connectivity index (χ3n) is 5.09. The molecule has 0 fully saturated rings. The fraction of sp³-hybridized carbons (Fsp3) is 0.407. The molecule has 0 amide bonds. The number of carbonyl (C=O) groups excluding carboxylic acids is 2. The van der Waals surface area contributed by atoms with Gasteiger partial charge in [0.05, 0.1) is 13.7 Å². The van der Waals surface area contributed by atoms with Crippen LogP contribution in [0.2, 0.25) is 0 Å². The van der Waals surface area contributed by atoms with Gasteiger partial charge >= 0.3 is 11.9 Å². The normalized spacial score (nSPS) is 12.5. The molecular weight excluding hydrogens is 420 g/mol. The Kier molecular flexibility index (Phi) is 9.52. The molecule has 178 valence electrons. The highest BCUT2D eigenvalue weighted by Gasteiger charge is 2.23. The van der Waals surface area contributed by atoms with E-state index in [4.69, 9.17) is 14.2 Å². The lowest BCUT2D eigenvalue weighted by Gasteiger charge is -2.26. The summed E-state index contributed by atoms with van der Waals surface area (Å²) in [6.45, 7) is 11.2. The summed E-state index contributed by atoms with van der Waals surface area (Å²) in [5.41, 5.74) is 2.15. The first-order valence-electron chi connectivity index (χ1n) is 11.0. The fourth-order valence-electron chi connectivity index (χ4n) is 3.05. The van der Waals surface area contributed by atoms with E-state index in [1.165, 1.54) is 12.7 Å². The summed E-state index contributed by atoms with van der Waals surface area (Å²) in [4.78, 5) is 22.7. The van der Waals surface area contributed by atoms with Crippen molar-refractivity contribution < 1.29 is 28.5 Å². The van der Waals surface area contributed by atoms with Crippen LogP contribution >= 0.6 is 0 Å². The maximum atomic E-state index is 11.7. The predicted octanol–water partition coefficient (Wildman–Crippen LogP) is 5.09. The van der Waals surface area contributed by atoms with Crippen LogP contribution in [0.15, 0.2) is 60.7 Å². The molecule has 1 unspecified atom stereocenters. The van der Waals surface area contributed by atoms with E-state index in [-0.39, 0.29) is 12.0 Å². The van der Waals surface area contributed by atoms with Gasteiger partial charge in [0.1, 0.15) is 24.2 Å². The molecule has 2 aromatic rings. The number of ether oxygens (including phenoxy) is 4. The van der Waals surface area contributed by atoms with E-state index in [1.807, 2.05) is 36.4 Å². The zero-order valence-corrected chi connectivity index (χ0v) is 20.3. The van der Waals surface area contributed by atoms with Crippen LogP contribution in [-0.4, -0.2) is 38.4 Å². The lowest BCUT2D eigenvalue weighted by molar-refractivity contribution is -0.144. The zero-order valence-electron chi connectivity index (χ0n) is 20.3. The highest BCUT2D eigenvalue weighted by atomic mass is 16.6. The lowest BCUT2D eigenvalue weighted by atomic mass is 9.78. The number of hydrogen-bond donors (Lipinski definition) is 0. The number of carbonyl (C=O) groups is 2. The zero-order chi connectivity index (χ0) is 24.4. The molecule has 2 aromatic carbocycles. The minimum atomic E-state index is -0.630. The van der Waals surface area contributed by atoms with E-state index in [2.05, 4.69) is 44.6 Å². The van der Waals surface area contributed by atoms with Gasteiger partial charge in [0.2, 0.25) is 0 Å². The average molecular weight is 455 g/mol. The molecule has 6 heteroatoms. The number of methoxy groups -OCH3 is 1. The lowest BCUT2D eigenvalue weighted by Crippen LogP contribution is -2.21. The molecule has 0 bridgehead atoms. The van der Waals surface area contributed by atoms with Crippen LogP contribution in [-0.2, 0) is 24.5 Å². The Bertz CT molecular complexity index is 926. The second-order valence-corrected chi connectivity index (χ2v) is 8.79. The topological polar surface area (TPSA) is 71.1 Å². The first-order valence-corrected chi connectivity index (χ1v) is 11.0. The Hall–Kier alpha value is -3.28. The average Bonchev–Trinajstić information content (AvgIpc) is 2.80. The first kappa shape index (κ1) is 26.0. The van der Waals surface area contributed by atoms with Gasteiger partial charge in [-0.2, -0.15) is 0 Å². The van der Waals surface area contributed by atoms with Crippen molar-refractivity contribution in [2.45, 2.75) is 46.1 Å². The smallest absolute Gasteiger partial charge is 0.331 e. The highest BCUT2D eigenvalue weighted by Crippen LogP contribution is 2.33. The van der Waals surface area contributed by atoms with Gasteiger partial charge < -0.3 is 18.9 Å². The van der Waals surface area contributed by atoms with E-state index in [9.17, 15) is 9.59 Å². The van der Waals surface area contributed by atoms with Gasteiger partial charge in [-0.25, -0.2) is 9.59 Å². The van der Waals surface area contributed by atoms with Crippen LogP contribution in [0.1, 0.15) is 45.7 Å². The van der Waals surface area contributed by atoms with Crippen molar-refractivity contribution >= 4 is 11.9 Å². The summed E-state index contributed by atoms with van der Waals surface area (Å²) in [5.74, 6) is 0.798. The molecular formula is C27H34O6. The molecule has 0 aliphatic heterocycles. The van der Waals surface area contributed by atoms with E-state index >= 15 is 0 Å². The molecule has 0 aliphatic carbocycles. The maximum Gasteiger partial charge on any atom is 0.331 e. The van der Waals surface area contributed by atoms with E-state index in [0.29, 0.717) is 18.3 Å². The first-order chi connectivity index (χ1) is 15.6. The standard InChI is InChI=1S/C27H34O6/c1-19(2)17-31-23-11-7-21(8-12-23)27(4,5)22-9-13-24(14-10-22)32-18-20(3)33-26(29)16-15-25(28)30-6/h7-16,19-20H,17-18H2,1-6H3. The van der Waals surface area contributed by atoms with Crippen molar-refractivity contribution in [3.8, 4) is 11.5 Å². The van der Waals surface area contributed by atoms with Crippen LogP contribution < -0.4 is 9.47 Å². The molecule has 0 N–H and O–H groups in total. The van der Waals surface area contributed by atoms with Crippen molar-refractivity contribution in [2.24, 2.45) is 5.92 Å². The summed E-state index contributed by atoms with van der Waals surface area (Å²) in [6.07, 6.45) is 1.57. The summed E-state index contributed by atoms with van der Waals surface area (Å²) < 4.78 is 21.1. The third-order valence-corrected chi connectivity index (χ3v) is 5.09. The minimum absolute atomic E-state index is 0.191. The Morgan fingerprint density at radius 1 is 0.788 bits per heavy atom. The molecule has 2 rings (SSSR count). The Labute approximate surface area is 196 Å². The largest absolute Gasteiger partial charge is 0.493 e. The van der Waals surface area contributed by atoms with Crippen molar-refractivity contribution in [1.82, 2.24) is 0 Å². The molecule has 0 saturated heterocycles. The molecule has 0 aromatic heterocycles. The molecule has 1 atom stereocenters. The van der Waals surface area contributed by atoms with Crippen molar-refractivity contribution in [1.29, 1.82) is 0 Å². The Morgan fingerprint density at radius 3 is 1.70 bits per heavy atom. The van der Waals surface area contributed by atoms with Crippen molar-refractivity contribution in [3.05, 3.63) is 71.8 Å². The van der Waals surface area contributed by atoms with Gasteiger partial charge in [-0.1, -0.05) is 52.0 Å². The van der Waals surface area contributed by atoms with Crippen LogP contribution in [0.25, 0.3) is 0 Å². The number of esters is 2. The van der Waals surface area contributed by atoms with Crippen LogP contribution in [0.4, 0.5) is 0 Å². The monoisotopic (exact) mass is 454 g/mol. The van der Waals surface area contributed by atoms with Gasteiger partial charge in [-0.05, 0) is 48.2 Å². The number of benzene rings is 2. The van der Waals surface area contributed by atoms with Crippen LogP contribution in [0.3, 0.4) is 0 Å². The van der Waals surface area contributed by atoms with Gasteiger partial charge in [-0.15, -0.1) is 0 Å². The summed E-state index contributed by atoms with van der Waals surface area (Å²) in [6, 6.07) is 16.1. The van der Waals surface area contributed by atoms with E-state index in [1.54, 1.807) is 6.92 Å². The molecule has 0 heterocycles. The second kappa shape index (κ2) is 12.1. The van der Waals surface area contributed by atoms with Gasteiger partial charge in [0.25, 0.3) is 0 Å². The third kappa shape index (κ3) is 8.29. The highest BCUT2D eigenvalue weighted by molar-refractivity contribution is 5.91. The van der Waals surface area contributed by atoms with Gasteiger partial charge in [0.15, 0.2) is 0 Å².